The van der Waals surface area contributed by atoms with Crippen molar-refractivity contribution >= 4 is 70.7 Å². The number of benzene rings is 7. The van der Waals surface area contributed by atoms with Crippen LogP contribution in [0.15, 0.2) is 126 Å². The van der Waals surface area contributed by atoms with Gasteiger partial charge in [-0.25, -0.2) is 14.2 Å². The van der Waals surface area contributed by atoms with Crippen molar-refractivity contribution in [2.45, 2.75) is 0 Å². The molecule has 0 saturated carbocycles. The number of aromatic nitrogens is 3. The maximum Gasteiger partial charge on any atom is 0.334 e. The lowest BCUT2D eigenvalue weighted by Crippen LogP contribution is -2.24. The second-order valence-corrected chi connectivity index (χ2v) is 10.8. The van der Waals surface area contributed by atoms with Crippen LogP contribution in [0.25, 0.3) is 81.8 Å². The molecule has 0 saturated heterocycles. The number of rotatable bonds is 1. The number of nitrogens with zero attached hydrogens (tertiary/aromatic N) is 3. The van der Waals surface area contributed by atoms with Crippen LogP contribution in [0.2, 0.25) is 0 Å². The lowest BCUT2D eigenvalue weighted by atomic mass is 9.87. The van der Waals surface area contributed by atoms with E-state index in [-0.39, 0.29) is 5.69 Å². The summed E-state index contributed by atoms with van der Waals surface area (Å²) in [5, 5.41) is 10.9. The second kappa shape index (κ2) is 8.03. The minimum absolute atomic E-state index is 0.0980. The summed E-state index contributed by atoms with van der Waals surface area (Å²) in [6, 6.07) is 42.7. The largest absolute Gasteiger partial charge is 0.334 e. The lowest BCUT2D eigenvalue weighted by Gasteiger charge is -2.17. The van der Waals surface area contributed by atoms with Crippen molar-refractivity contribution in [1.82, 2.24) is 14.0 Å². The van der Waals surface area contributed by atoms with Crippen LogP contribution in [0, 0.1) is 0 Å². The molecule has 0 amide bonds. The molecule has 0 aliphatic heterocycles. The molecule has 9 aromatic rings. The zero-order chi connectivity index (χ0) is 27.2. The summed E-state index contributed by atoms with van der Waals surface area (Å²) in [5.41, 5.74) is 5.33. The standard InChI is InChI=1S/C37H23N3O/c1-39-34-20-22(18-19-29(34)36-38-32-16-8-9-17-33(32)40(36)37(39)41)30-21-31-25-12-3-2-10-23(25)24-11-4-6-14-27(24)35(31)28-15-7-5-13-26(28)30/h2-21H,1H3. The van der Waals surface area contributed by atoms with Gasteiger partial charge in [0.15, 0.2) is 5.65 Å². The monoisotopic (exact) mass is 525 g/mol. The van der Waals surface area contributed by atoms with Crippen molar-refractivity contribution < 1.29 is 0 Å². The molecular formula is C37H23N3O. The second-order valence-electron chi connectivity index (χ2n) is 10.8. The molecule has 0 bridgehead atoms. The van der Waals surface area contributed by atoms with Gasteiger partial charge in [0, 0.05) is 12.4 Å². The number of aryl methyl sites for hydroxylation is 1. The van der Waals surface area contributed by atoms with Gasteiger partial charge in [-0.1, -0.05) is 91.0 Å². The predicted octanol–water partition coefficient (Wildman–Crippen LogP) is 8.62. The lowest BCUT2D eigenvalue weighted by molar-refractivity contribution is 0.836. The Labute approximate surface area is 234 Å². The molecule has 0 radical (unpaired) electrons. The third kappa shape index (κ3) is 2.94. The van der Waals surface area contributed by atoms with Gasteiger partial charge in [0.2, 0.25) is 0 Å². The van der Waals surface area contributed by atoms with Crippen molar-refractivity contribution in [3.8, 4) is 11.1 Å². The van der Waals surface area contributed by atoms with E-state index in [0.29, 0.717) is 5.65 Å². The van der Waals surface area contributed by atoms with Gasteiger partial charge in [-0.2, -0.15) is 0 Å². The van der Waals surface area contributed by atoms with Crippen molar-refractivity contribution in [1.29, 1.82) is 0 Å². The first kappa shape index (κ1) is 22.3. The summed E-state index contributed by atoms with van der Waals surface area (Å²) < 4.78 is 3.46. The molecule has 0 N–H and O–H groups in total. The third-order valence-corrected chi connectivity index (χ3v) is 8.70. The molecule has 4 nitrogen and oxygen atoms in total. The molecule has 0 fully saturated rings. The van der Waals surface area contributed by atoms with Gasteiger partial charge in [0.1, 0.15) is 0 Å². The van der Waals surface area contributed by atoms with Gasteiger partial charge in [0.25, 0.3) is 0 Å². The topological polar surface area (TPSA) is 39.3 Å². The van der Waals surface area contributed by atoms with Crippen LogP contribution >= 0.6 is 0 Å². The Bertz CT molecular complexity index is 2620. The maximum atomic E-state index is 13.6. The van der Waals surface area contributed by atoms with Crippen molar-refractivity contribution in [3.63, 3.8) is 0 Å². The zero-order valence-corrected chi connectivity index (χ0v) is 22.3. The average Bonchev–Trinajstić information content (AvgIpc) is 3.43. The quantitative estimate of drug-likeness (QED) is 0.201. The summed E-state index contributed by atoms with van der Waals surface area (Å²) in [6.45, 7) is 0. The Morgan fingerprint density at radius 2 is 1.12 bits per heavy atom. The Morgan fingerprint density at radius 3 is 1.88 bits per heavy atom. The van der Waals surface area contributed by atoms with Gasteiger partial charge < -0.3 is 0 Å². The smallest absolute Gasteiger partial charge is 0.296 e. The zero-order valence-electron chi connectivity index (χ0n) is 22.3. The highest BCUT2D eigenvalue weighted by Gasteiger charge is 2.17. The Hall–Kier alpha value is -5.48. The van der Waals surface area contributed by atoms with Gasteiger partial charge in [-0.05, 0) is 84.5 Å². The van der Waals surface area contributed by atoms with E-state index in [0.717, 1.165) is 33.1 Å². The number of para-hydroxylation sites is 2. The van der Waals surface area contributed by atoms with Crippen LogP contribution < -0.4 is 5.69 Å². The van der Waals surface area contributed by atoms with Crippen LogP contribution in [0.5, 0.6) is 0 Å². The number of fused-ring (bicyclic) bond motifs is 13. The van der Waals surface area contributed by atoms with Crippen molar-refractivity contribution in [3.05, 3.63) is 132 Å². The van der Waals surface area contributed by atoms with Crippen LogP contribution in [0.1, 0.15) is 0 Å². The maximum absolute atomic E-state index is 13.6. The molecule has 192 valence electrons. The molecule has 41 heavy (non-hydrogen) atoms. The number of hydrogen-bond donors (Lipinski definition) is 0. The molecule has 2 aromatic heterocycles. The fraction of sp³-hybridized carbons (Fsp3) is 0.0270. The van der Waals surface area contributed by atoms with Crippen LogP contribution in [0.3, 0.4) is 0 Å². The van der Waals surface area contributed by atoms with E-state index in [4.69, 9.17) is 4.98 Å². The van der Waals surface area contributed by atoms with Gasteiger partial charge in [-0.3, -0.25) is 4.57 Å². The minimum atomic E-state index is -0.0980. The molecule has 2 heterocycles. The molecule has 0 atom stereocenters. The van der Waals surface area contributed by atoms with Crippen molar-refractivity contribution in [2.75, 3.05) is 0 Å². The predicted molar refractivity (Wildman–Crippen MR) is 171 cm³/mol. The molecule has 0 aliphatic rings. The van der Waals surface area contributed by atoms with E-state index in [1.165, 1.54) is 43.1 Å². The normalized spacial score (nSPS) is 12.1. The van der Waals surface area contributed by atoms with E-state index < -0.39 is 0 Å². The molecule has 0 aliphatic carbocycles. The van der Waals surface area contributed by atoms with E-state index >= 15 is 0 Å². The average molecular weight is 526 g/mol. The number of hydrogen-bond acceptors (Lipinski definition) is 2. The highest BCUT2D eigenvalue weighted by molar-refractivity contribution is 6.33. The van der Waals surface area contributed by atoms with Gasteiger partial charge >= 0.3 is 5.69 Å². The summed E-state index contributed by atoms with van der Waals surface area (Å²) in [7, 11) is 1.85. The summed E-state index contributed by atoms with van der Waals surface area (Å²) in [5.74, 6) is 0. The van der Waals surface area contributed by atoms with Crippen molar-refractivity contribution in [2.24, 2.45) is 7.05 Å². The minimum Gasteiger partial charge on any atom is -0.296 e. The Balaban J connectivity index is 1.43. The first-order chi connectivity index (χ1) is 20.2. The summed E-state index contributed by atoms with van der Waals surface area (Å²) >= 11 is 0. The first-order valence-corrected chi connectivity index (χ1v) is 13.8. The molecule has 0 spiro atoms. The molecule has 7 aromatic carbocycles. The first-order valence-electron chi connectivity index (χ1n) is 13.8. The van der Waals surface area contributed by atoms with Gasteiger partial charge in [-0.15, -0.1) is 0 Å². The van der Waals surface area contributed by atoms with E-state index in [9.17, 15) is 4.79 Å². The molecule has 0 unspecified atom stereocenters. The Kier molecular flexibility index (Phi) is 4.37. The molecule has 4 heteroatoms. The SMILES string of the molecule is Cn1c(=O)n2c3ccccc3nc2c2ccc(-c3cc4c5ccccc5c5ccccc5c4c4ccccc34)cc21. The van der Waals surface area contributed by atoms with E-state index in [1.807, 2.05) is 31.3 Å². The number of imidazole rings is 1. The fourth-order valence-electron chi connectivity index (χ4n) is 6.82. The summed E-state index contributed by atoms with van der Waals surface area (Å²) in [4.78, 5) is 18.5. The molecular weight excluding hydrogens is 502 g/mol. The summed E-state index contributed by atoms with van der Waals surface area (Å²) in [6.07, 6.45) is 0. The Morgan fingerprint density at radius 1 is 0.537 bits per heavy atom. The van der Waals surface area contributed by atoms with E-state index in [1.54, 1.807) is 8.97 Å². The van der Waals surface area contributed by atoms with Crippen LogP contribution in [-0.4, -0.2) is 14.0 Å². The molecule has 9 rings (SSSR count). The highest BCUT2D eigenvalue weighted by Crippen LogP contribution is 2.43. The highest BCUT2D eigenvalue weighted by atomic mass is 16.1. The van der Waals surface area contributed by atoms with Gasteiger partial charge in [0.05, 0.1) is 16.6 Å². The van der Waals surface area contributed by atoms with E-state index in [2.05, 4.69) is 97.1 Å². The third-order valence-electron chi connectivity index (χ3n) is 8.70. The fourth-order valence-corrected chi connectivity index (χ4v) is 6.82. The van der Waals surface area contributed by atoms with Crippen LogP contribution in [-0.2, 0) is 7.05 Å². The van der Waals surface area contributed by atoms with Crippen LogP contribution in [0.4, 0.5) is 0 Å².